The number of anilines is 1. The SMILES string of the molecule is Nc1ccc(CCC(=O)N2CCC(C(=O)O)C2)cc1. The van der Waals surface area contributed by atoms with Crippen LogP contribution in [0.15, 0.2) is 24.3 Å². The van der Waals surface area contributed by atoms with Gasteiger partial charge in [0.15, 0.2) is 0 Å². The van der Waals surface area contributed by atoms with E-state index < -0.39 is 11.9 Å². The van der Waals surface area contributed by atoms with E-state index in [2.05, 4.69) is 0 Å². The molecule has 1 aromatic rings. The summed E-state index contributed by atoms with van der Waals surface area (Å²) in [5, 5.41) is 8.90. The molecule has 1 aromatic carbocycles. The topological polar surface area (TPSA) is 83.6 Å². The van der Waals surface area contributed by atoms with Gasteiger partial charge >= 0.3 is 5.97 Å². The van der Waals surface area contributed by atoms with Crippen LogP contribution >= 0.6 is 0 Å². The number of nitrogens with two attached hydrogens (primary N) is 1. The second-order valence-corrected chi connectivity index (χ2v) is 4.91. The van der Waals surface area contributed by atoms with Gasteiger partial charge in [-0.1, -0.05) is 12.1 Å². The molecule has 0 aromatic heterocycles. The zero-order valence-electron chi connectivity index (χ0n) is 10.7. The van der Waals surface area contributed by atoms with Crippen molar-refractivity contribution in [3.05, 3.63) is 29.8 Å². The Kier molecular flexibility index (Phi) is 4.04. The summed E-state index contributed by atoms with van der Waals surface area (Å²) in [6.07, 6.45) is 1.63. The van der Waals surface area contributed by atoms with Gasteiger partial charge in [-0.3, -0.25) is 9.59 Å². The first kappa shape index (κ1) is 13.4. The second kappa shape index (κ2) is 5.73. The third kappa shape index (κ3) is 3.47. The van der Waals surface area contributed by atoms with Crippen molar-refractivity contribution >= 4 is 17.6 Å². The van der Waals surface area contributed by atoms with E-state index in [4.69, 9.17) is 10.8 Å². The Balaban J connectivity index is 1.82. The van der Waals surface area contributed by atoms with Crippen molar-refractivity contribution in [2.45, 2.75) is 19.3 Å². The summed E-state index contributed by atoms with van der Waals surface area (Å²) in [6, 6.07) is 7.45. The number of carbonyl (C=O) groups is 2. The van der Waals surface area contributed by atoms with E-state index in [1.807, 2.05) is 24.3 Å². The average Bonchev–Trinajstić information content (AvgIpc) is 2.87. The minimum absolute atomic E-state index is 0.0283. The number of aliphatic carboxylic acids is 1. The van der Waals surface area contributed by atoms with E-state index in [1.54, 1.807) is 4.90 Å². The predicted octanol–water partition coefficient (Wildman–Crippen LogP) is 1.13. The minimum atomic E-state index is -0.811. The van der Waals surface area contributed by atoms with Gasteiger partial charge in [0, 0.05) is 25.2 Å². The van der Waals surface area contributed by atoms with Gasteiger partial charge in [-0.05, 0) is 30.5 Å². The van der Waals surface area contributed by atoms with Crippen LogP contribution < -0.4 is 5.73 Å². The Morgan fingerprint density at radius 1 is 1.32 bits per heavy atom. The molecule has 1 aliphatic heterocycles. The quantitative estimate of drug-likeness (QED) is 0.797. The molecule has 1 aliphatic rings. The van der Waals surface area contributed by atoms with E-state index in [1.165, 1.54) is 0 Å². The average molecular weight is 262 g/mol. The maximum Gasteiger partial charge on any atom is 0.308 e. The number of nitrogen functional groups attached to an aromatic ring is 1. The van der Waals surface area contributed by atoms with Crippen molar-refractivity contribution in [2.24, 2.45) is 5.92 Å². The minimum Gasteiger partial charge on any atom is -0.481 e. The normalized spacial score (nSPS) is 18.5. The first-order chi connectivity index (χ1) is 9.06. The highest BCUT2D eigenvalue weighted by atomic mass is 16.4. The standard InChI is InChI=1S/C14H18N2O3/c15-12-4-1-10(2-5-12)3-6-13(17)16-8-7-11(9-16)14(18)19/h1-2,4-5,11H,3,6-9,15H2,(H,18,19). The Morgan fingerprint density at radius 2 is 2.00 bits per heavy atom. The summed E-state index contributed by atoms with van der Waals surface area (Å²) < 4.78 is 0. The number of hydrogen-bond acceptors (Lipinski definition) is 3. The van der Waals surface area contributed by atoms with Crippen LogP contribution in [0.3, 0.4) is 0 Å². The van der Waals surface area contributed by atoms with Crippen LogP contribution in [0.1, 0.15) is 18.4 Å². The molecule has 5 nitrogen and oxygen atoms in total. The van der Waals surface area contributed by atoms with Crippen LogP contribution in [0.4, 0.5) is 5.69 Å². The Morgan fingerprint density at radius 3 is 2.58 bits per heavy atom. The number of likely N-dealkylation sites (tertiary alicyclic amines) is 1. The molecular formula is C14H18N2O3. The third-order valence-corrected chi connectivity index (χ3v) is 3.50. The van der Waals surface area contributed by atoms with Crippen molar-refractivity contribution in [1.82, 2.24) is 4.90 Å². The first-order valence-electron chi connectivity index (χ1n) is 6.41. The molecule has 0 radical (unpaired) electrons. The number of carbonyl (C=O) groups excluding carboxylic acids is 1. The second-order valence-electron chi connectivity index (χ2n) is 4.91. The van der Waals surface area contributed by atoms with Gasteiger partial charge in [-0.15, -0.1) is 0 Å². The lowest BCUT2D eigenvalue weighted by Crippen LogP contribution is -2.30. The molecule has 2 rings (SSSR count). The van der Waals surface area contributed by atoms with Crippen molar-refractivity contribution in [3.63, 3.8) is 0 Å². The third-order valence-electron chi connectivity index (χ3n) is 3.50. The van der Waals surface area contributed by atoms with Crippen LogP contribution in [0, 0.1) is 5.92 Å². The van der Waals surface area contributed by atoms with Gasteiger partial charge in [0.25, 0.3) is 0 Å². The molecule has 1 saturated heterocycles. The van der Waals surface area contributed by atoms with E-state index in [0.29, 0.717) is 38.0 Å². The smallest absolute Gasteiger partial charge is 0.308 e. The lowest BCUT2D eigenvalue weighted by Gasteiger charge is -2.15. The lowest BCUT2D eigenvalue weighted by molar-refractivity contribution is -0.141. The number of benzene rings is 1. The molecule has 3 N–H and O–H groups in total. The maximum atomic E-state index is 12.0. The Labute approximate surface area is 112 Å². The molecule has 102 valence electrons. The van der Waals surface area contributed by atoms with E-state index in [0.717, 1.165) is 5.56 Å². The number of hydrogen-bond donors (Lipinski definition) is 2. The number of carboxylic acids is 1. The van der Waals surface area contributed by atoms with Gasteiger partial charge in [0.2, 0.25) is 5.91 Å². The summed E-state index contributed by atoms with van der Waals surface area (Å²) in [5.41, 5.74) is 7.37. The first-order valence-corrected chi connectivity index (χ1v) is 6.41. The van der Waals surface area contributed by atoms with Crippen molar-refractivity contribution in [2.75, 3.05) is 18.8 Å². The molecule has 0 saturated carbocycles. The molecule has 1 unspecified atom stereocenters. The molecule has 1 amide bonds. The van der Waals surface area contributed by atoms with E-state index in [9.17, 15) is 9.59 Å². The van der Waals surface area contributed by atoms with Gasteiger partial charge in [0.1, 0.15) is 0 Å². The highest BCUT2D eigenvalue weighted by Crippen LogP contribution is 2.18. The molecule has 0 bridgehead atoms. The summed E-state index contributed by atoms with van der Waals surface area (Å²) in [5.74, 6) is -1.19. The molecule has 1 fully saturated rings. The monoisotopic (exact) mass is 262 g/mol. The fourth-order valence-electron chi connectivity index (χ4n) is 2.28. The lowest BCUT2D eigenvalue weighted by atomic mass is 10.1. The van der Waals surface area contributed by atoms with Crippen LogP contribution in [-0.2, 0) is 16.0 Å². The summed E-state index contributed by atoms with van der Waals surface area (Å²) >= 11 is 0. The maximum absolute atomic E-state index is 12.0. The number of aryl methyl sites for hydroxylation is 1. The predicted molar refractivity (Wildman–Crippen MR) is 71.5 cm³/mol. The van der Waals surface area contributed by atoms with E-state index >= 15 is 0 Å². The molecular weight excluding hydrogens is 244 g/mol. The summed E-state index contributed by atoms with van der Waals surface area (Å²) in [6.45, 7) is 0.896. The van der Waals surface area contributed by atoms with Gasteiger partial charge in [-0.2, -0.15) is 0 Å². The highest BCUT2D eigenvalue weighted by Gasteiger charge is 2.30. The number of amides is 1. The van der Waals surface area contributed by atoms with Crippen LogP contribution in [0.2, 0.25) is 0 Å². The number of rotatable bonds is 4. The van der Waals surface area contributed by atoms with Gasteiger partial charge in [0.05, 0.1) is 5.92 Å². The zero-order chi connectivity index (χ0) is 13.8. The Hall–Kier alpha value is -2.04. The van der Waals surface area contributed by atoms with Crippen molar-refractivity contribution in [1.29, 1.82) is 0 Å². The van der Waals surface area contributed by atoms with Crippen molar-refractivity contribution < 1.29 is 14.7 Å². The van der Waals surface area contributed by atoms with Crippen molar-refractivity contribution in [3.8, 4) is 0 Å². The molecule has 1 heterocycles. The molecule has 1 atom stereocenters. The fourth-order valence-corrected chi connectivity index (χ4v) is 2.28. The highest BCUT2D eigenvalue weighted by molar-refractivity contribution is 5.79. The molecule has 19 heavy (non-hydrogen) atoms. The van der Waals surface area contributed by atoms with Crippen LogP contribution in [-0.4, -0.2) is 35.0 Å². The zero-order valence-corrected chi connectivity index (χ0v) is 10.7. The van der Waals surface area contributed by atoms with Gasteiger partial charge < -0.3 is 15.7 Å². The summed E-state index contributed by atoms with van der Waals surface area (Å²) in [7, 11) is 0. The Bertz CT molecular complexity index is 470. The summed E-state index contributed by atoms with van der Waals surface area (Å²) in [4.78, 5) is 24.4. The fraction of sp³-hybridized carbons (Fsp3) is 0.429. The number of nitrogens with zero attached hydrogens (tertiary/aromatic N) is 1. The number of carboxylic acid groups (broad SMARTS) is 1. The molecule has 0 aliphatic carbocycles. The van der Waals surface area contributed by atoms with Gasteiger partial charge in [-0.25, -0.2) is 0 Å². The van der Waals surface area contributed by atoms with Crippen LogP contribution in [0.5, 0.6) is 0 Å². The van der Waals surface area contributed by atoms with E-state index in [-0.39, 0.29) is 5.91 Å². The van der Waals surface area contributed by atoms with Crippen LogP contribution in [0.25, 0.3) is 0 Å². The molecule has 0 spiro atoms. The largest absolute Gasteiger partial charge is 0.481 e. The molecule has 5 heteroatoms.